The van der Waals surface area contributed by atoms with Crippen LogP contribution in [0.5, 0.6) is 0 Å². The number of aromatic nitrogens is 2. The molecule has 0 bridgehead atoms. The zero-order valence-electron chi connectivity index (χ0n) is 9.04. The molecule has 3 N–H and O–H groups in total. The second kappa shape index (κ2) is 5.01. The molecule has 0 spiro atoms. The Morgan fingerprint density at radius 3 is 2.59 bits per heavy atom. The van der Waals surface area contributed by atoms with Crippen molar-refractivity contribution in [3.63, 3.8) is 0 Å². The van der Waals surface area contributed by atoms with Gasteiger partial charge in [0.25, 0.3) is 0 Å². The first kappa shape index (κ1) is 12.3. The number of hydrogen-bond donors (Lipinski definition) is 2. The van der Waals surface area contributed by atoms with Crippen molar-refractivity contribution in [1.29, 1.82) is 0 Å². The Balaban J connectivity index is 2.31. The summed E-state index contributed by atoms with van der Waals surface area (Å²) >= 11 is 6.75. The first-order valence-electron chi connectivity index (χ1n) is 4.88. The molecule has 2 aromatic rings. The molecule has 1 aromatic heterocycles. The summed E-state index contributed by atoms with van der Waals surface area (Å²) in [7, 11) is 0. The summed E-state index contributed by atoms with van der Waals surface area (Å²) in [6.45, 7) is 2.03. The van der Waals surface area contributed by atoms with Crippen molar-refractivity contribution >= 4 is 49.3 Å². The van der Waals surface area contributed by atoms with Crippen LogP contribution in [-0.2, 0) is 0 Å². The number of anilines is 3. The van der Waals surface area contributed by atoms with Gasteiger partial charge in [-0.2, -0.15) is 4.98 Å². The van der Waals surface area contributed by atoms with Gasteiger partial charge < -0.3 is 11.1 Å². The van der Waals surface area contributed by atoms with Gasteiger partial charge in [0.1, 0.15) is 10.4 Å². The normalized spacial score (nSPS) is 10.3. The summed E-state index contributed by atoms with van der Waals surface area (Å²) in [6, 6.07) is 7.63. The van der Waals surface area contributed by atoms with Gasteiger partial charge in [-0.05, 0) is 56.5 Å². The summed E-state index contributed by atoms with van der Waals surface area (Å²) in [4.78, 5) is 8.28. The van der Waals surface area contributed by atoms with Gasteiger partial charge in [0.05, 0.1) is 5.69 Å². The van der Waals surface area contributed by atoms with Crippen molar-refractivity contribution < 1.29 is 0 Å². The molecule has 0 aliphatic carbocycles. The molecule has 0 saturated heterocycles. The predicted molar refractivity (Wildman–Crippen MR) is 76.3 cm³/mol. The van der Waals surface area contributed by atoms with Crippen molar-refractivity contribution in [3.05, 3.63) is 38.9 Å². The maximum Gasteiger partial charge on any atom is 0.230 e. The standard InChI is InChI=1S/C11H10Br2N4/c1-6-2-3-8(7(12)4-6)15-11-16-9(13)5-10(14)17-11/h2-5H,1H3,(H3,14,15,16,17). The lowest BCUT2D eigenvalue weighted by Crippen LogP contribution is -2.01. The van der Waals surface area contributed by atoms with Gasteiger partial charge in [-0.3, -0.25) is 0 Å². The molecule has 0 saturated carbocycles. The van der Waals surface area contributed by atoms with E-state index in [1.54, 1.807) is 6.07 Å². The van der Waals surface area contributed by atoms with Crippen LogP contribution < -0.4 is 11.1 Å². The van der Waals surface area contributed by atoms with Crippen LogP contribution in [0.2, 0.25) is 0 Å². The summed E-state index contributed by atoms with van der Waals surface area (Å²) in [6.07, 6.45) is 0. The molecule has 2 rings (SSSR count). The van der Waals surface area contributed by atoms with Crippen molar-refractivity contribution in [2.45, 2.75) is 6.92 Å². The second-order valence-corrected chi connectivity index (χ2v) is 5.21. The SMILES string of the molecule is Cc1ccc(Nc2nc(N)cc(Br)n2)c(Br)c1. The van der Waals surface area contributed by atoms with Crippen molar-refractivity contribution in [3.8, 4) is 0 Å². The maximum atomic E-state index is 5.64. The van der Waals surface area contributed by atoms with Gasteiger partial charge in [0.2, 0.25) is 5.95 Å². The minimum atomic E-state index is 0.414. The molecule has 0 aliphatic rings. The summed E-state index contributed by atoms with van der Waals surface area (Å²) in [5.41, 5.74) is 7.72. The number of nitrogens with zero attached hydrogens (tertiary/aromatic N) is 2. The number of rotatable bonds is 2. The van der Waals surface area contributed by atoms with E-state index < -0.39 is 0 Å². The van der Waals surface area contributed by atoms with E-state index in [2.05, 4.69) is 47.1 Å². The first-order chi connectivity index (χ1) is 8.04. The minimum absolute atomic E-state index is 0.414. The zero-order valence-corrected chi connectivity index (χ0v) is 12.2. The quantitative estimate of drug-likeness (QED) is 0.805. The minimum Gasteiger partial charge on any atom is -0.383 e. The van der Waals surface area contributed by atoms with Crippen LogP contribution in [0, 0.1) is 6.92 Å². The Kier molecular flexibility index (Phi) is 3.63. The number of hydrogen-bond acceptors (Lipinski definition) is 4. The van der Waals surface area contributed by atoms with Gasteiger partial charge in [-0.25, -0.2) is 4.98 Å². The van der Waals surface area contributed by atoms with E-state index in [1.807, 2.05) is 25.1 Å². The molecular weight excluding hydrogens is 348 g/mol. The van der Waals surface area contributed by atoms with Gasteiger partial charge >= 0.3 is 0 Å². The number of nitrogens with one attached hydrogen (secondary N) is 1. The molecule has 0 atom stereocenters. The average molecular weight is 358 g/mol. The average Bonchev–Trinajstić information content (AvgIpc) is 2.21. The smallest absolute Gasteiger partial charge is 0.230 e. The van der Waals surface area contributed by atoms with E-state index in [0.29, 0.717) is 16.4 Å². The number of aryl methyl sites for hydroxylation is 1. The van der Waals surface area contributed by atoms with E-state index in [0.717, 1.165) is 10.2 Å². The fraction of sp³-hybridized carbons (Fsp3) is 0.0909. The summed E-state index contributed by atoms with van der Waals surface area (Å²) in [5, 5.41) is 3.10. The lowest BCUT2D eigenvalue weighted by atomic mass is 10.2. The summed E-state index contributed by atoms with van der Waals surface area (Å²) < 4.78 is 1.61. The number of nitrogens with two attached hydrogens (primary N) is 1. The number of benzene rings is 1. The largest absolute Gasteiger partial charge is 0.383 e. The van der Waals surface area contributed by atoms with Crippen molar-refractivity contribution in [2.75, 3.05) is 11.1 Å². The lowest BCUT2D eigenvalue weighted by molar-refractivity contribution is 1.15. The molecule has 0 aliphatic heterocycles. The molecular formula is C11H10Br2N4. The fourth-order valence-electron chi connectivity index (χ4n) is 1.33. The van der Waals surface area contributed by atoms with Crippen LogP contribution in [-0.4, -0.2) is 9.97 Å². The van der Waals surface area contributed by atoms with Gasteiger partial charge in [-0.1, -0.05) is 6.07 Å². The highest BCUT2D eigenvalue weighted by molar-refractivity contribution is 9.10. The van der Waals surface area contributed by atoms with E-state index in [4.69, 9.17) is 5.73 Å². The van der Waals surface area contributed by atoms with Gasteiger partial charge in [-0.15, -0.1) is 0 Å². The molecule has 17 heavy (non-hydrogen) atoms. The van der Waals surface area contributed by atoms with Crippen molar-refractivity contribution in [2.24, 2.45) is 0 Å². The molecule has 88 valence electrons. The molecule has 1 heterocycles. The highest BCUT2D eigenvalue weighted by Gasteiger charge is 2.04. The Morgan fingerprint density at radius 1 is 1.18 bits per heavy atom. The highest BCUT2D eigenvalue weighted by Crippen LogP contribution is 2.26. The third-order valence-electron chi connectivity index (χ3n) is 2.09. The first-order valence-corrected chi connectivity index (χ1v) is 6.46. The van der Waals surface area contributed by atoms with Crippen LogP contribution >= 0.6 is 31.9 Å². The van der Waals surface area contributed by atoms with Gasteiger partial charge in [0, 0.05) is 10.5 Å². The maximum absolute atomic E-state index is 5.64. The summed E-state index contributed by atoms with van der Waals surface area (Å²) in [5.74, 6) is 0.874. The van der Waals surface area contributed by atoms with E-state index in [9.17, 15) is 0 Å². The van der Waals surface area contributed by atoms with E-state index in [1.165, 1.54) is 5.56 Å². The molecule has 0 amide bonds. The van der Waals surface area contributed by atoms with E-state index >= 15 is 0 Å². The fourth-order valence-corrected chi connectivity index (χ4v) is 2.33. The highest BCUT2D eigenvalue weighted by atomic mass is 79.9. The molecule has 1 aromatic carbocycles. The molecule has 0 fully saturated rings. The third kappa shape index (κ3) is 3.17. The topological polar surface area (TPSA) is 63.8 Å². The Morgan fingerprint density at radius 2 is 1.94 bits per heavy atom. The molecule has 0 radical (unpaired) electrons. The molecule has 0 unspecified atom stereocenters. The van der Waals surface area contributed by atoms with Crippen LogP contribution in [0.15, 0.2) is 33.3 Å². The molecule has 6 heteroatoms. The Labute approximate surface area is 116 Å². The van der Waals surface area contributed by atoms with Crippen LogP contribution in [0.1, 0.15) is 5.56 Å². The monoisotopic (exact) mass is 356 g/mol. The van der Waals surface area contributed by atoms with Crippen LogP contribution in [0.25, 0.3) is 0 Å². The Bertz CT molecular complexity index is 537. The van der Waals surface area contributed by atoms with Crippen LogP contribution in [0.3, 0.4) is 0 Å². The zero-order chi connectivity index (χ0) is 12.4. The van der Waals surface area contributed by atoms with Crippen molar-refractivity contribution in [1.82, 2.24) is 9.97 Å². The van der Waals surface area contributed by atoms with Crippen LogP contribution in [0.4, 0.5) is 17.5 Å². The van der Waals surface area contributed by atoms with Gasteiger partial charge in [0.15, 0.2) is 0 Å². The number of halogens is 2. The second-order valence-electron chi connectivity index (χ2n) is 3.55. The lowest BCUT2D eigenvalue weighted by Gasteiger charge is -2.08. The number of nitrogen functional groups attached to an aromatic ring is 1. The third-order valence-corrected chi connectivity index (χ3v) is 3.15. The Hall–Kier alpha value is -1.14. The molecule has 4 nitrogen and oxygen atoms in total. The van der Waals surface area contributed by atoms with E-state index in [-0.39, 0.29) is 0 Å². The predicted octanol–water partition coefficient (Wildman–Crippen LogP) is 3.64.